The molecule has 0 unspecified atom stereocenters. The number of benzene rings is 2. The zero-order valence-electron chi connectivity index (χ0n) is 10.9. The standard InChI is InChI=1S/C15H13NO3S/c1-19-13-4-8-15(9-5-13)20-14-6-2-12(3-7-14)10-11-16(17)18/h2-11H,1H3/b11-10+. The molecule has 4 nitrogen and oxygen atoms in total. The van der Waals surface area contributed by atoms with Crippen molar-refractivity contribution in [2.45, 2.75) is 9.79 Å². The van der Waals surface area contributed by atoms with E-state index in [1.54, 1.807) is 18.9 Å². The first-order valence-corrected chi connectivity index (χ1v) is 6.73. The van der Waals surface area contributed by atoms with Crippen molar-refractivity contribution in [2.75, 3.05) is 7.11 Å². The SMILES string of the molecule is COc1ccc(Sc2ccc(/C=C/[N+](=O)[O-])cc2)cc1. The Kier molecular flexibility index (Phi) is 4.79. The van der Waals surface area contributed by atoms with E-state index < -0.39 is 4.92 Å². The first-order valence-electron chi connectivity index (χ1n) is 5.91. The largest absolute Gasteiger partial charge is 0.497 e. The summed E-state index contributed by atoms with van der Waals surface area (Å²) in [5, 5.41) is 10.2. The Hall–Kier alpha value is -2.27. The summed E-state index contributed by atoms with van der Waals surface area (Å²) in [6.45, 7) is 0. The molecule has 0 aliphatic heterocycles. The van der Waals surface area contributed by atoms with Crippen molar-refractivity contribution in [1.82, 2.24) is 0 Å². The lowest BCUT2D eigenvalue weighted by atomic mass is 10.2. The summed E-state index contributed by atoms with van der Waals surface area (Å²) in [5.41, 5.74) is 0.806. The zero-order chi connectivity index (χ0) is 14.4. The van der Waals surface area contributed by atoms with Crippen molar-refractivity contribution < 1.29 is 9.66 Å². The number of methoxy groups -OCH3 is 1. The van der Waals surface area contributed by atoms with Gasteiger partial charge >= 0.3 is 0 Å². The monoisotopic (exact) mass is 287 g/mol. The van der Waals surface area contributed by atoms with Crippen molar-refractivity contribution in [3.05, 3.63) is 70.4 Å². The van der Waals surface area contributed by atoms with E-state index in [2.05, 4.69) is 0 Å². The second kappa shape index (κ2) is 6.77. The van der Waals surface area contributed by atoms with Crippen LogP contribution in [0.1, 0.15) is 5.56 Å². The van der Waals surface area contributed by atoms with Crippen molar-refractivity contribution in [3.63, 3.8) is 0 Å². The van der Waals surface area contributed by atoms with Crippen LogP contribution in [0.3, 0.4) is 0 Å². The molecule has 0 heterocycles. The molecular weight excluding hydrogens is 274 g/mol. The Bertz CT molecular complexity index is 606. The maximum atomic E-state index is 10.2. The summed E-state index contributed by atoms with van der Waals surface area (Å²) in [5.74, 6) is 0.828. The Morgan fingerprint density at radius 2 is 1.60 bits per heavy atom. The molecule has 0 aliphatic carbocycles. The van der Waals surface area contributed by atoms with Crippen LogP contribution in [0.2, 0.25) is 0 Å². The van der Waals surface area contributed by atoms with Crippen LogP contribution >= 0.6 is 11.8 Å². The third-order valence-electron chi connectivity index (χ3n) is 2.56. The lowest BCUT2D eigenvalue weighted by Gasteiger charge is -2.03. The van der Waals surface area contributed by atoms with Crippen LogP contribution in [-0.2, 0) is 0 Å². The van der Waals surface area contributed by atoms with E-state index in [0.29, 0.717) is 0 Å². The molecule has 20 heavy (non-hydrogen) atoms. The van der Waals surface area contributed by atoms with Crippen LogP contribution in [0.5, 0.6) is 5.75 Å². The summed E-state index contributed by atoms with van der Waals surface area (Å²) in [6.07, 6.45) is 2.41. The van der Waals surface area contributed by atoms with Crippen LogP contribution in [0.25, 0.3) is 6.08 Å². The van der Waals surface area contributed by atoms with Crippen LogP contribution < -0.4 is 4.74 Å². The highest BCUT2D eigenvalue weighted by atomic mass is 32.2. The molecular formula is C15H13NO3S. The summed E-state index contributed by atoms with van der Waals surface area (Å²) < 4.78 is 5.11. The quantitative estimate of drug-likeness (QED) is 0.614. The minimum absolute atomic E-state index is 0.472. The lowest BCUT2D eigenvalue weighted by Crippen LogP contribution is -1.83. The molecule has 0 saturated heterocycles. The van der Waals surface area contributed by atoms with Crippen LogP contribution in [-0.4, -0.2) is 12.0 Å². The summed E-state index contributed by atoms with van der Waals surface area (Å²) >= 11 is 1.63. The number of nitro groups is 1. The van der Waals surface area contributed by atoms with Crippen LogP contribution in [0.15, 0.2) is 64.5 Å². The maximum Gasteiger partial charge on any atom is 0.235 e. The van der Waals surface area contributed by atoms with Crippen molar-refractivity contribution >= 4 is 17.8 Å². The number of hydrogen-bond acceptors (Lipinski definition) is 4. The lowest BCUT2D eigenvalue weighted by molar-refractivity contribution is -0.400. The second-order valence-electron chi connectivity index (χ2n) is 3.95. The molecule has 2 aromatic rings. The highest BCUT2D eigenvalue weighted by molar-refractivity contribution is 7.99. The van der Waals surface area contributed by atoms with Crippen molar-refractivity contribution in [1.29, 1.82) is 0 Å². The van der Waals surface area contributed by atoms with E-state index in [9.17, 15) is 10.1 Å². The molecule has 0 atom stereocenters. The maximum absolute atomic E-state index is 10.2. The third-order valence-corrected chi connectivity index (χ3v) is 3.58. The van der Waals surface area contributed by atoms with E-state index in [-0.39, 0.29) is 0 Å². The molecule has 0 saturated carbocycles. The number of rotatable bonds is 5. The molecule has 0 bridgehead atoms. The van der Waals surface area contributed by atoms with Gasteiger partial charge in [0.1, 0.15) is 5.75 Å². The predicted octanol–water partition coefficient (Wildman–Crippen LogP) is 4.09. The van der Waals surface area contributed by atoms with Crippen LogP contribution in [0.4, 0.5) is 0 Å². The molecule has 0 fully saturated rings. The Labute approximate surface area is 121 Å². The Morgan fingerprint density at radius 1 is 1.05 bits per heavy atom. The molecule has 2 aromatic carbocycles. The highest BCUT2D eigenvalue weighted by Gasteiger charge is 1.99. The van der Waals surface area contributed by atoms with Gasteiger partial charge in [-0.05, 0) is 42.0 Å². The van der Waals surface area contributed by atoms with E-state index in [1.165, 1.54) is 6.08 Å². The molecule has 0 spiro atoms. The van der Waals surface area contributed by atoms with Gasteiger partial charge in [-0.1, -0.05) is 23.9 Å². The number of nitrogens with zero attached hydrogens (tertiary/aromatic N) is 1. The molecule has 2 rings (SSSR count). The molecule has 0 aliphatic rings. The molecule has 5 heteroatoms. The molecule has 0 radical (unpaired) electrons. The Morgan fingerprint density at radius 3 is 2.10 bits per heavy atom. The molecule has 0 aromatic heterocycles. The van der Waals surface area contributed by atoms with Crippen molar-refractivity contribution in [2.24, 2.45) is 0 Å². The van der Waals surface area contributed by atoms with Gasteiger partial charge in [0.25, 0.3) is 0 Å². The first-order chi connectivity index (χ1) is 9.67. The zero-order valence-corrected chi connectivity index (χ0v) is 11.7. The van der Waals surface area contributed by atoms with Gasteiger partial charge in [0.2, 0.25) is 6.20 Å². The smallest absolute Gasteiger partial charge is 0.235 e. The van der Waals surface area contributed by atoms with Crippen molar-refractivity contribution in [3.8, 4) is 5.75 Å². The van der Waals surface area contributed by atoms with Crippen LogP contribution in [0, 0.1) is 10.1 Å². The summed E-state index contributed by atoms with van der Waals surface area (Å²) in [7, 11) is 1.64. The van der Waals surface area contributed by atoms with E-state index in [1.807, 2.05) is 48.5 Å². The fraction of sp³-hybridized carbons (Fsp3) is 0.0667. The summed E-state index contributed by atoms with van der Waals surface area (Å²) in [6, 6.07) is 15.4. The minimum Gasteiger partial charge on any atom is -0.497 e. The van der Waals surface area contributed by atoms with E-state index in [4.69, 9.17) is 4.74 Å². The fourth-order valence-corrected chi connectivity index (χ4v) is 2.39. The first kappa shape index (κ1) is 14.1. The normalized spacial score (nSPS) is 10.7. The molecule has 0 N–H and O–H groups in total. The number of ether oxygens (including phenoxy) is 1. The Balaban J connectivity index is 2.04. The topological polar surface area (TPSA) is 52.4 Å². The van der Waals surface area contributed by atoms with Gasteiger partial charge in [-0.15, -0.1) is 0 Å². The van der Waals surface area contributed by atoms with E-state index >= 15 is 0 Å². The predicted molar refractivity (Wildman–Crippen MR) is 79.6 cm³/mol. The number of hydrogen-bond donors (Lipinski definition) is 0. The summed E-state index contributed by atoms with van der Waals surface area (Å²) in [4.78, 5) is 12.0. The van der Waals surface area contributed by atoms with Gasteiger partial charge < -0.3 is 4.74 Å². The van der Waals surface area contributed by atoms with Gasteiger partial charge in [-0.3, -0.25) is 10.1 Å². The third kappa shape index (κ3) is 4.13. The minimum atomic E-state index is -0.472. The van der Waals surface area contributed by atoms with E-state index in [0.717, 1.165) is 27.3 Å². The highest BCUT2D eigenvalue weighted by Crippen LogP contribution is 2.29. The molecule has 0 amide bonds. The average molecular weight is 287 g/mol. The van der Waals surface area contributed by atoms with Gasteiger partial charge in [-0.2, -0.15) is 0 Å². The second-order valence-corrected chi connectivity index (χ2v) is 5.09. The van der Waals surface area contributed by atoms with Gasteiger partial charge in [0.15, 0.2) is 0 Å². The fourth-order valence-electron chi connectivity index (χ4n) is 1.57. The van der Waals surface area contributed by atoms with Gasteiger partial charge in [0, 0.05) is 15.9 Å². The average Bonchev–Trinajstić information content (AvgIpc) is 2.47. The van der Waals surface area contributed by atoms with Gasteiger partial charge in [0.05, 0.1) is 12.0 Å². The van der Waals surface area contributed by atoms with Gasteiger partial charge in [-0.25, -0.2) is 0 Å². The molecule has 102 valence electrons.